The molecule has 1 atom stereocenters. The summed E-state index contributed by atoms with van der Waals surface area (Å²) >= 11 is 1.66. The third-order valence-electron chi connectivity index (χ3n) is 5.19. The van der Waals surface area contributed by atoms with Crippen molar-refractivity contribution >= 4 is 34.4 Å². The summed E-state index contributed by atoms with van der Waals surface area (Å²) in [5, 5.41) is 2.99. The smallest absolute Gasteiger partial charge is 0.250 e. The molecule has 1 aromatic heterocycles. The molecule has 25 heavy (non-hydrogen) atoms. The standard InChI is InChI=1S/C19H26N4OS/c1-5-25-22(4)14-7-6-10-23(11-14)16-9-8-15(19(20)24)18-17(16)12(2)13(3)21-18/h5,8-9,14,21H,1,6-7,10-11H2,2-4H3,(H2,20,24). The summed E-state index contributed by atoms with van der Waals surface area (Å²) in [4.78, 5) is 17.6. The fraction of sp³-hybridized carbons (Fsp3) is 0.421. The maximum absolute atomic E-state index is 11.8. The number of H-pyrrole nitrogens is 1. The minimum atomic E-state index is -0.392. The largest absolute Gasteiger partial charge is 0.369 e. The maximum atomic E-state index is 11.8. The Bertz CT molecular complexity index is 813. The van der Waals surface area contributed by atoms with Crippen LogP contribution in [0.3, 0.4) is 0 Å². The quantitative estimate of drug-likeness (QED) is 0.802. The monoisotopic (exact) mass is 358 g/mol. The summed E-state index contributed by atoms with van der Waals surface area (Å²) in [6.07, 6.45) is 2.33. The van der Waals surface area contributed by atoms with Gasteiger partial charge in [0.05, 0.1) is 11.1 Å². The number of nitrogens with zero attached hydrogens (tertiary/aromatic N) is 2. The lowest BCUT2D eigenvalue weighted by molar-refractivity contribution is 0.100. The molecular formula is C19H26N4OS. The van der Waals surface area contributed by atoms with Crippen LogP contribution >= 0.6 is 11.9 Å². The minimum absolute atomic E-state index is 0.392. The molecule has 1 aliphatic heterocycles. The second-order valence-electron chi connectivity index (χ2n) is 6.68. The highest BCUT2D eigenvalue weighted by Gasteiger charge is 2.26. The van der Waals surface area contributed by atoms with E-state index in [1.165, 1.54) is 17.7 Å². The SMILES string of the molecule is C=CSN(C)C1CCCN(c2ccc(C(N)=O)c3[nH]c(C)c(C)c23)C1. The summed E-state index contributed by atoms with van der Waals surface area (Å²) < 4.78 is 2.28. The number of aromatic nitrogens is 1. The predicted molar refractivity (Wildman–Crippen MR) is 107 cm³/mol. The molecule has 1 saturated heterocycles. The van der Waals surface area contributed by atoms with E-state index in [4.69, 9.17) is 5.73 Å². The number of hydrogen-bond acceptors (Lipinski definition) is 4. The minimum Gasteiger partial charge on any atom is -0.369 e. The first kappa shape index (κ1) is 17.9. The zero-order chi connectivity index (χ0) is 18.1. The third-order valence-corrected chi connectivity index (χ3v) is 5.97. The average Bonchev–Trinajstić information content (AvgIpc) is 2.89. The van der Waals surface area contributed by atoms with Gasteiger partial charge < -0.3 is 15.6 Å². The van der Waals surface area contributed by atoms with Crippen molar-refractivity contribution in [2.24, 2.45) is 5.73 Å². The number of carbonyl (C=O) groups excluding carboxylic acids is 1. The molecule has 2 aromatic rings. The highest BCUT2D eigenvalue weighted by molar-refractivity contribution is 7.99. The number of anilines is 1. The van der Waals surface area contributed by atoms with Crippen LogP contribution in [0.2, 0.25) is 0 Å². The van der Waals surface area contributed by atoms with E-state index in [2.05, 4.69) is 34.7 Å². The van der Waals surface area contributed by atoms with Gasteiger partial charge >= 0.3 is 0 Å². The van der Waals surface area contributed by atoms with Crippen molar-refractivity contribution in [1.82, 2.24) is 9.29 Å². The van der Waals surface area contributed by atoms with E-state index in [-0.39, 0.29) is 0 Å². The molecule has 0 radical (unpaired) electrons. The molecule has 1 unspecified atom stereocenters. The Morgan fingerprint density at radius 2 is 2.24 bits per heavy atom. The molecule has 1 aromatic carbocycles. The fourth-order valence-corrected chi connectivity index (χ4v) is 4.29. The number of nitrogens with one attached hydrogen (secondary N) is 1. The number of carbonyl (C=O) groups is 1. The van der Waals surface area contributed by atoms with Crippen LogP contribution in [0, 0.1) is 13.8 Å². The second kappa shape index (κ2) is 7.14. The van der Waals surface area contributed by atoms with Crippen LogP contribution in [-0.2, 0) is 0 Å². The van der Waals surface area contributed by atoms with Gasteiger partial charge in [0.15, 0.2) is 0 Å². The Kier molecular flexibility index (Phi) is 5.11. The summed E-state index contributed by atoms with van der Waals surface area (Å²) in [6.45, 7) is 9.94. The average molecular weight is 359 g/mol. The summed E-state index contributed by atoms with van der Waals surface area (Å²) in [5.41, 5.74) is 10.4. The van der Waals surface area contributed by atoms with Gasteiger partial charge in [-0.1, -0.05) is 18.5 Å². The van der Waals surface area contributed by atoms with Crippen LogP contribution in [-0.4, -0.2) is 41.4 Å². The third kappa shape index (κ3) is 3.28. The predicted octanol–water partition coefficient (Wildman–Crippen LogP) is 3.58. The maximum Gasteiger partial charge on any atom is 0.250 e. The van der Waals surface area contributed by atoms with Crippen molar-refractivity contribution in [1.29, 1.82) is 0 Å². The van der Waals surface area contributed by atoms with E-state index < -0.39 is 5.91 Å². The molecule has 5 nitrogen and oxygen atoms in total. The molecule has 1 amide bonds. The van der Waals surface area contributed by atoms with Gasteiger partial charge in [-0.25, -0.2) is 4.31 Å². The van der Waals surface area contributed by atoms with Crippen molar-refractivity contribution in [2.75, 3.05) is 25.0 Å². The Labute approximate surface area is 153 Å². The Hall–Kier alpha value is -1.92. The number of primary amides is 1. The topological polar surface area (TPSA) is 65.4 Å². The zero-order valence-electron chi connectivity index (χ0n) is 15.1. The van der Waals surface area contributed by atoms with Crippen molar-refractivity contribution in [3.63, 3.8) is 0 Å². The Morgan fingerprint density at radius 1 is 1.48 bits per heavy atom. The number of nitrogens with two attached hydrogens (primary N) is 1. The van der Waals surface area contributed by atoms with E-state index in [1.54, 1.807) is 11.9 Å². The number of hydrogen-bond donors (Lipinski definition) is 2. The van der Waals surface area contributed by atoms with Gasteiger partial charge in [-0.3, -0.25) is 4.79 Å². The number of benzene rings is 1. The fourth-order valence-electron chi connectivity index (χ4n) is 3.71. The molecule has 0 bridgehead atoms. The van der Waals surface area contributed by atoms with Crippen LogP contribution in [0.5, 0.6) is 0 Å². The van der Waals surface area contributed by atoms with Crippen molar-refractivity contribution in [3.05, 3.63) is 40.9 Å². The molecule has 3 rings (SSSR count). The first-order chi connectivity index (χ1) is 11.9. The number of rotatable bonds is 5. The highest BCUT2D eigenvalue weighted by atomic mass is 32.2. The van der Waals surface area contributed by atoms with E-state index in [0.717, 1.165) is 36.1 Å². The number of fused-ring (bicyclic) bond motifs is 1. The van der Waals surface area contributed by atoms with E-state index in [9.17, 15) is 4.79 Å². The lowest BCUT2D eigenvalue weighted by Crippen LogP contribution is -2.44. The normalized spacial score (nSPS) is 18.1. The highest BCUT2D eigenvalue weighted by Crippen LogP contribution is 2.35. The Balaban J connectivity index is 2.02. The molecule has 2 heterocycles. The van der Waals surface area contributed by atoms with Gasteiger partial charge in [-0.05, 0) is 56.8 Å². The van der Waals surface area contributed by atoms with Crippen molar-refractivity contribution < 1.29 is 4.79 Å². The molecule has 134 valence electrons. The molecule has 0 spiro atoms. The lowest BCUT2D eigenvalue weighted by atomic mass is 10.0. The lowest BCUT2D eigenvalue weighted by Gasteiger charge is -2.38. The summed E-state index contributed by atoms with van der Waals surface area (Å²) in [5.74, 6) is -0.392. The van der Waals surface area contributed by atoms with Crippen LogP contribution in [0.15, 0.2) is 24.1 Å². The van der Waals surface area contributed by atoms with Crippen molar-refractivity contribution in [3.8, 4) is 0 Å². The van der Waals surface area contributed by atoms with Crippen LogP contribution in [0.4, 0.5) is 5.69 Å². The first-order valence-electron chi connectivity index (χ1n) is 8.61. The molecule has 3 N–H and O–H groups in total. The Morgan fingerprint density at radius 3 is 2.92 bits per heavy atom. The zero-order valence-corrected chi connectivity index (χ0v) is 15.9. The van der Waals surface area contributed by atoms with Crippen LogP contribution in [0.1, 0.15) is 34.5 Å². The number of piperidine rings is 1. The summed E-state index contributed by atoms with van der Waals surface area (Å²) in [7, 11) is 2.12. The molecule has 6 heteroatoms. The second-order valence-corrected chi connectivity index (χ2v) is 7.80. The van der Waals surface area contributed by atoms with Crippen LogP contribution in [0.25, 0.3) is 10.9 Å². The van der Waals surface area contributed by atoms with E-state index >= 15 is 0 Å². The van der Waals surface area contributed by atoms with E-state index in [1.807, 2.05) is 24.5 Å². The molecule has 0 aliphatic carbocycles. The van der Waals surface area contributed by atoms with Gasteiger partial charge in [-0.15, -0.1) is 0 Å². The number of aromatic amines is 1. The van der Waals surface area contributed by atoms with Gasteiger partial charge in [0.2, 0.25) is 0 Å². The molecule has 1 fully saturated rings. The molecular weight excluding hydrogens is 332 g/mol. The van der Waals surface area contributed by atoms with Gasteiger partial charge in [0, 0.05) is 35.9 Å². The summed E-state index contributed by atoms with van der Waals surface area (Å²) in [6, 6.07) is 4.37. The molecule has 1 aliphatic rings. The number of amides is 1. The number of aryl methyl sites for hydroxylation is 2. The van der Waals surface area contributed by atoms with E-state index in [0.29, 0.717) is 11.6 Å². The number of likely N-dealkylation sites (N-methyl/N-ethyl adjacent to an activating group) is 1. The van der Waals surface area contributed by atoms with Gasteiger partial charge in [0.1, 0.15) is 0 Å². The molecule has 0 saturated carbocycles. The van der Waals surface area contributed by atoms with Crippen molar-refractivity contribution in [2.45, 2.75) is 32.7 Å². The van der Waals surface area contributed by atoms with Gasteiger partial charge in [0.25, 0.3) is 5.91 Å². The van der Waals surface area contributed by atoms with Gasteiger partial charge in [-0.2, -0.15) is 0 Å². The van der Waals surface area contributed by atoms with Crippen LogP contribution < -0.4 is 10.6 Å². The first-order valence-corrected chi connectivity index (χ1v) is 9.44.